The van der Waals surface area contributed by atoms with E-state index < -0.39 is 72.7 Å². The second-order valence-corrected chi connectivity index (χ2v) is 5.06. The molecule has 0 unspecified atom stereocenters. The van der Waals surface area contributed by atoms with Gasteiger partial charge in [-0.1, -0.05) is 0 Å². The second-order valence-electron chi connectivity index (χ2n) is 5.06. The molecule has 0 spiro atoms. The van der Waals surface area contributed by atoms with Crippen molar-refractivity contribution < 1.29 is 88.1 Å². The fourth-order valence-corrected chi connectivity index (χ4v) is 1.43. The van der Waals surface area contributed by atoms with Gasteiger partial charge in [0.05, 0.1) is 25.7 Å². The fraction of sp³-hybridized carbons (Fsp3) is 0.462. The number of carboxylic acids is 6. The molecular weight excluding hydrogens is 532 g/mol. The van der Waals surface area contributed by atoms with Crippen LogP contribution in [0, 0.1) is 0 Å². The molecule has 32 heavy (non-hydrogen) atoms. The Labute approximate surface area is 277 Å². The van der Waals surface area contributed by atoms with E-state index >= 15 is 0 Å². The van der Waals surface area contributed by atoms with Crippen molar-refractivity contribution >= 4 is 156 Å². The van der Waals surface area contributed by atoms with Crippen LogP contribution in [-0.2, 0) is 33.6 Å². The van der Waals surface area contributed by atoms with Crippen molar-refractivity contribution in [3.8, 4) is 0 Å². The molecule has 0 saturated heterocycles. The first-order chi connectivity index (χ1) is 13.0. The number of aliphatic carboxylic acids is 6. The molecule has 0 radical (unpaired) electrons. The van der Waals surface area contributed by atoms with Crippen LogP contribution in [0.15, 0.2) is 0 Å². The van der Waals surface area contributed by atoms with Gasteiger partial charge in [-0.2, -0.15) is 0 Å². The van der Waals surface area contributed by atoms with E-state index in [2.05, 4.69) is 0 Å². The molecule has 0 aliphatic carbocycles. The first-order valence-corrected chi connectivity index (χ1v) is 6.84. The normalized spacial score (nSPS) is 9.19. The van der Waals surface area contributed by atoms with Crippen molar-refractivity contribution in [1.82, 2.24) is 0 Å². The van der Waals surface area contributed by atoms with Gasteiger partial charge >= 0.3 is 149 Å². The predicted octanol–water partition coefficient (Wildman–Crippen LogP) is -3.26. The summed E-state index contributed by atoms with van der Waals surface area (Å²) < 4.78 is 0. The zero-order valence-corrected chi connectivity index (χ0v) is 23.0. The third-order valence-corrected chi connectivity index (χ3v) is 2.57. The van der Waals surface area contributed by atoms with E-state index in [1.807, 2.05) is 0 Å². The molecular formula is C13H24Ca3O16. The summed E-state index contributed by atoms with van der Waals surface area (Å²) in [5.41, 5.74) is -5.48. The monoisotopic (exact) mass is 556 g/mol. The summed E-state index contributed by atoms with van der Waals surface area (Å²) in [6.07, 6.45) is -4.58. The number of hydrogen-bond donors (Lipinski definition) is 9. The van der Waals surface area contributed by atoms with Gasteiger partial charge in [-0.3, -0.25) is 24.0 Å². The number of rotatable bonds is 10. The minimum absolute atomic E-state index is 0. The largest absolute Gasteiger partial charge is 2.00 e. The molecule has 0 aliphatic rings. The van der Waals surface area contributed by atoms with E-state index in [4.69, 9.17) is 50.8 Å². The topological polar surface area (TPSA) is 302 Å². The van der Waals surface area contributed by atoms with Gasteiger partial charge in [0.25, 0.3) is 6.47 Å². The Morgan fingerprint density at radius 2 is 0.688 bits per heavy atom. The first-order valence-electron chi connectivity index (χ1n) is 6.84. The average Bonchev–Trinajstić information content (AvgIpc) is 2.44. The number of aliphatic hydroxyl groups is 2. The van der Waals surface area contributed by atoms with Crippen molar-refractivity contribution in [2.75, 3.05) is 0 Å². The molecule has 0 bridgehead atoms. The van der Waals surface area contributed by atoms with Crippen LogP contribution in [0.1, 0.15) is 34.2 Å². The van der Waals surface area contributed by atoms with Gasteiger partial charge in [0.15, 0.2) is 11.2 Å². The third kappa shape index (κ3) is 24.6. The summed E-state index contributed by atoms with van der Waals surface area (Å²) in [7, 11) is 0. The van der Waals surface area contributed by atoms with Crippen molar-refractivity contribution in [2.45, 2.75) is 36.9 Å². The molecule has 0 atom stereocenters. The van der Waals surface area contributed by atoms with Crippen LogP contribution in [0.4, 0.5) is 0 Å². The zero-order valence-electron chi connectivity index (χ0n) is 22.4. The Morgan fingerprint density at radius 1 is 0.562 bits per heavy atom. The van der Waals surface area contributed by atoms with Gasteiger partial charge < -0.3 is 54.5 Å². The maximum atomic E-state index is 10.3. The van der Waals surface area contributed by atoms with Gasteiger partial charge in [0.2, 0.25) is 0 Å². The van der Waals surface area contributed by atoms with Crippen molar-refractivity contribution in [2.24, 2.45) is 0 Å². The molecule has 0 rings (SSSR count). The smallest absolute Gasteiger partial charge is 1.00 e. The van der Waals surface area contributed by atoms with Gasteiger partial charge in [-0.05, 0) is 0 Å². The molecule has 0 saturated carbocycles. The summed E-state index contributed by atoms with van der Waals surface area (Å²) in [4.78, 5) is 69.3. The molecule has 0 aromatic rings. The summed E-state index contributed by atoms with van der Waals surface area (Å²) in [6, 6.07) is 0. The first kappa shape index (κ1) is 45.5. The van der Waals surface area contributed by atoms with Crippen LogP contribution in [0.2, 0.25) is 0 Å². The summed E-state index contributed by atoms with van der Waals surface area (Å²) >= 11 is 0. The van der Waals surface area contributed by atoms with Gasteiger partial charge in [-0.25, -0.2) is 9.59 Å². The van der Waals surface area contributed by atoms with E-state index in [0.717, 1.165) is 0 Å². The van der Waals surface area contributed by atoms with E-state index in [0.29, 0.717) is 0 Å². The predicted molar refractivity (Wildman–Crippen MR) is 107 cm³/mol. The standard InChI is InChI=1S/2C6H8O7.CH2O2.3Ca.6H/c2*7-3(8)1-6(13,5(11)12)2-4(9)10;2-1-3;;;;;;;;;/h2*13H,1-2H2,(H,7,8)(H,9,10)(H,11,12);1H,(H,2,3);;;;;;;;;/q;;;3*+2;6*-1. The molecule has 19 heteroatoms. The molecule has 0 aromatic carbocycles. The van der Waals surface area contributed by atoms with Crippen LogP contribution < -0.4 is 0 Å². The minimum atomic E-state index is -2.74. The summed E-state index contributed by atoms with van der Waals surface area (Å²) in [5.74, 6) is -10.0. The van der Waals surface area contributed by atoms with Crippen LogP contribution in [0.3, 0.4) is 0 Å². The molecule has 0 aromatic heterocycles. The molecule has 178 valence electrons. The van der Waals surface area contributed by atoms with Crippen LogP contribution >= 0.6 is 0 Å². The Balaban J connectivity index is -0.0000000264. The van der Waals surface area contributed by atoms with Gasteiger partial charge in [0, 0.05) is 0 Å². The second kappa shape index (κ2) is 22.8. The number of carboxylic acid groups (broad SMARTS) is 7. The molecule has 16 nitrogen and oxygen atoms in total. The van der Waals surface area contributed by atoms with Crippen molar-refractivity contribution in [3.63, 3.8) is 0 Å². The van der Waals surface area contributed by atoms with Crippen molar-refractivity contribution in [1.29, 1.82) is 0 Å². The Hall–Kier alpha value is -0.0108. The van der Waals surface area contributed by atoms with Gasteiger partial charge in [0.1, 0.15) is 0 Å². The number of carbonyl (C=O) groups is 7. The quantitative estimate of drug-likeness (QED) is 0.0941. The summed E-state index contributed by atoms with van der Waals surface area (Å²) in [5, 5.41) is 74.5. The van der Waals surface area contributed by atoms with Crippen LogP contribution in [-0.4, -0.2) is 213 Å². The van der Waals surface area contributed by atoms with Crippen molar-refractivity contribution in [3.05, 3.63) is 0 Å². The van der Waals surface area contributed by atoms with E-state index in [9.17, 15) is 28.8 Å². The van der Waals surface area contributed by atoms with Gasteiger partial charge in [-0.15, -0.1) is 0 Å². The van der Waals surface area contributed by atoms with Crippen LogP contribution in [0.5, 0.6) is 0 Å². The van der Waals surface area contributed by atoms with E-state index in [-0.39, 0.29) is 128 Å². The molecule has 0 amide bonds. The minimum Gasteiger partial charge on any atom is -1.00 e. The Morgan fingerprint density at radius 3 is 0.750 bits per heavy atom. The van der Waals surface area contributed by atoms with E-state index in [1.54, 1.807) is 0 Å². The Bertz CT molecular complexity index is 589. The zero-order chi connectivity index (χ0) is 24.0. The molecule has 9 N–H and O–H groups in total. The SMILES string of the molecule is O=C(O)CC(O)(CC(=O)O)C(=O)O.O=C(O)CC(O)(CC(=O)O)C(=O)O.O=CO.[Ca+2].[Ca+2].[Ca+2].[H-].[H-].[H-].[H-].[H-].[H-]. The third-order valence-electron chi connectivity index (χ3n) is 2.57. The summed E-state index contributed by atoms with van der Waals surface area (Å²) in [6.45, 7) is -0.250. The maximum absolute atomic E-state index is 10.3. The Kier molecular flexibility index (Phi) is 32.4. The average molecular weight is 557 g/mol. The molecule has 0 heterocycles. The molecule has 0 aliphatic heterocycles. The number of hydrogen-bond acceptors (Lipinski definition) is 9. The molecule has 0 fully saturated rings. The van der Waals surface area contributed by atoms with E-state index in [1.165, 1.54) is 0 Å². The fourth-order valence-electron chi connectivity index (χ4n) is 1.43. The maximum Gasteiger partial charge on any atom is 2.00 e. The van der Waals surface area contributed by atoms with Crippen LogP contribution in [0.25, 0.3) is 0 Å².